The molecule has 0 aromatic heterocycles. The van der Waals surface area contributed by atoms with Gasteiger partial charge in [0.2, 0.25) is 0 Å². The van der Waals surface area contributed by atoms with E-state index in [0.717, 1.165) is 23.5 Å². The molecule has 0 heterocycles. The molecule has 3 heteroatoms. The molecule has 1 saturated carbocycles. The SMILES string of the molecule is CCCN(Cc1ccc(F)cc1Br)CC1CC1. The lowest BCUT2D eigenvalue weighted by Crippen LogP contribution is -2.26. The third kappa shape index (κ3) is 4.07. The topological polar surface area (TPSA) is 3.24 Å². The summed E-state index contributed by atoms with van der Waals surface area (Å²) in [6, 6.07) is 4.98. The molecule has 0 radical (unpaired) electrons. The average molecular weight is 300 g/mol. The van der Waals surface area contributed by atoms with Crippen molar-refractivity contribution in [3.8, 4) is 0 Å². The van der Waals surface area contributed by atoms with Crippen LogP contribution < -0.4 is 0 Å². The van der Waals surface area contributed by atoms with E-state index in [1.54, 1.807) is 12.1 Å². The highest BCUT2D eigenvalue weighted by Crippen LogP contribution is 2.30. The highest BCUT2D eigenvalue weighted by atomic mass is 79.9. The van der Waals surface area contributed by atoms with Crippen molar-refractivity contribution >= 4 is 15.9 Å². The molecule has 2 rings (SSSR count). The first-order chi connectivity index (χ1) is 8.19. The lowest BCUT2D eigenvalue weighted by atomic mass is 10.2. The average Bonchev–Trinajstić information content (AvgIpc) is 3.06. The molecule has 1 aromatic carbocycles. The van der Waals surface area contributed by atoms with Crippen LogP contribution in [0.25, 0.3) is 0 Å². The zero-order chi connectivity index (χ0) is 12.3. The van der Waals surface area contributed by atoms with Crippen LogP contribution in [0.4, 0.5) is 4.39 Å². The van der Waals surface area contributed by atoms with Gasteiger partial charge in [-0.05, 0) is 49.4 Å². The van der Waals surface area contributed by atoms with Crippen LogP contribution in [0, 0.1) is 11.7 Å². The molecule has 0 amide bonds. The van der Waals surface area contributed by atoms with Gasteiger partial charge in [0.15, 0.2) is 0 Å². The highest BCUT2D eigenvalue weighted by Gasteiger charge is 2.24. The second kappa shape index (κ2) is 5.96. The predicted octanol–water partition coefficient (Wildman–Crippen LogP) is 4.21. The van der Waals surface area contributed by atoms with Gasteiger partial charge in [-0.15, -0.1) is 0 Å². The number of hydrogen-bond donors (Lipinski definition) is 0. The second-order valence-electron chi connectivity index (χ2n) is 4.91. The van der Waals surface area contributed by atoms with E-state index < -0.39 is 0 Å². The monoisotopic (exact) mass is 299 g/mol. The maximum Gasteiger partial charge on any atom is 0.124 e. The van der Waals surface area contributed by atoms with Crippen molar-refractivity contribution in [2.45, 2.75) is 32.7 Å². The van der Waals surface area contributed by atoms with Crippen molar-refractivity contribution in [3.63, 3.8) is 0 Å². The molecule has 0 saturated heterocycles. The van der Waals surface area contributed by atoms with Crippen molar-refractivity contribution in [1.29, 1.82) is 0 Å². The van der Waals surface area contributed by atoms with E-state index in [4.69, 9.17) is 0 Å². The van der Waals surface area contributed by atoms with E-state index in [2.05, 4.69) is 27.8 Å². The molecule has 0 aliphatic heterocycles. The van der Waals surface area contributed by atoms with Crippen molar-refractivity contribution in [1.82, 2.24) is 4.90 Å². The Morgan fingerprint density at radius 1 is 1.41 bits per heavy atom. The van der Waals surface area contributed by atoms with Crippen LogP contribution in [-0.2, 0) is 6.54 Å². The van der Waals surface area contributed by atoms with Crippen LogP contribution in [0.3, 0.4) is 0 Å². The van der Waals surface area contributed by atoms with E-state index in [-0.39, 0.29) is 5.82 Å². The Morgan fingerprint density at radius 2 is 2.18 bits per heavy atom. The zero-order valence-electron chi connectivity index (χ0n) is 10.3. The van der Waals surface area contributed by atoms with Gasteiger partial charge in [0.25, 0.3) is 0 Å². The van der Waals surface area contributed by atoms with Gasteiger partial charge in [-0.25, -0.2) is 4.39 Å². The van der Waals surface area contributed by atoms with Gasteiger partial charge in [0.1, 0.15) is 5.82 Å². The van der Waals surface area contributed by atoms with Gasteiger partial charge in [0, 0.05) is 17.6 Å². The lowest BCUT2D eigenvalue weighted by molar-refractivity contribution is 0.254. The van der Waals surface area contributed by atoms with Crippen LogP contribution in [0.5, 0.6) is 0 Å². The van der Waals surface area contributed by atoms with Gasteiger partial charge in [-0.2, -0.15) is 0 Å². The molecule has 0 spiro atoms. The minimum Gasteiger partial charge on any atom is -0.299 e. The Morgan fingerprint density at radius 3 is 2.76 bits per heavy atom. The van der Waals surface area contributed by atoms with Crippen LogP contribution in [0.1, 0.15) is 31.7 Å². The number of rotatable bonds is 6. The fraction of sp³-hybridized carbons (Fsp3) is 0.571. The van der Waals surface area contributed by atoms with Crippen molar-refractivity contribution in [3.05, 3.63) is 34.1 Å². The Balaban J connectivity index is 1.99. The first-order valence-electron chi connectivity index (χ1n) is 6.35. The molecule has 17 heavy (non-hydrogen) atoms. The standard InChI is InChI=1S/C14H19BrFN/c1-2-7-17(9-11-3-4-11)10-12-5-6-13(16)8-14(12)15/h5-6,8,11H,2-4,7,9-10H2,1H3. The van der Waals surface area contributed by atoms with Crippen molar-refractivity contribution in [2.75, 3.05) is 13.1 Å². The van der Waals surface area contributed by atoms with Crippen LogP contribution in [0.2, 0.25) is 0 Å². The Kier molecular flexibility index (Phi) is 4.57. The highest BCUT2D eigenvalue weighted by molar-refractivity contribution is 9.10. The van der Waals surface area contributed by atoms with Gasteiger partial charge >= 0.3 is 0 Å². The molecular weight excluding hydrogens is 281 g/mol. The quantitative estimate of drug-likeness (QED) is 0.760. The van der Waals surface area contributed by atoms with Crippen LogP contribution in [-0.4, -0.2) is 18.0 Å². The molecular formula is C14H19BrFN. The summed E-state index contributed by atoms with van der Waals surface area (Å²) in [5.74, 6) is 0.727. The minimum atomic E-state index is -0.176. The Hall–Kier alpha value is -0.410. The van der Waals surface area contributed by atoms with Gasteiger partial charge in [-0.3, -0.25) is 4.90 Å². The summed E-state index contributed by atoms with van der Waals surface area (Å²) in [5, 5.41) is 0. The summed E-state index contributed by atoms with van der Waals surface area (Å²) in [5.41, 5.74) is 1.18. The number of nitrogens with zero attached hydrogens (tertiary/aromatic N) is 1. The molecule has 0 unspecified atom stereocenters. The third-order valence-corrected chi connectivity index (χ3v) is 3.90. The first kappa shape index (κ1) is 13.0. The van der Waals surface area contributed by atoms with Crippen LogP contribution >= 0.6 is 15.9 Å². The van der Waals surface area contributed by atoms with Gasteiger partial charge < -0.3 is 0 Å². The third-order valence-electron chi connectivity index (χ3n) is 3.16. The summed E-state index contributed by atoms with van der Waals surface area (Å²) in [7, 11) is 0. The Bertz CT molecular complexity index is 376. The lowest BCUT2D eigenvalue weighted by Gasteiger charge is -2.22. The molecule has 1 aromatic rings. The smallest absolute Gasteiger partial charge is 0.124 e. The number of hydrogen-bond acceptors (Lipinski definition) is 1. The molecule has 1 fully saturated rings. The summed E-state index contributed by atoms with van der Waals surface area (Å²) < 4.78 is 13.9. The maximum absolute atomic E-state index is 13.0. The van der Waals surface area contributed by atoms with Gasteiger partial charge in [0.05, 0.1) is 0 Å². The Labute approximate surface area is 111 Å². The van der Waals surface area contributed by atoms with Crippen molar-refractivity contribution in [2.24, 2.45) is 5.92 Å². The number of benzene rings is 1. The summed E-state index contributed by atoms with van der Waals surface area (Å²) in [6.07, 6.45) is 3.93. The van der Waals surface area contributed by atoms with E-state index >= 15 is 0 Å². The van der Waals surface area contributed by atoms with Gasteiger partial charge in [-0.1, -0.05) is 28.9 Å². The minimum absolute atomic E-state index is 0.176. The predicted molar refractivity (Wildman–Crippen MR) is 72.4 cm³/mol. The molecule has 0 atom stereocenters. The molecule has 94 valence electrons. The summed E-state index contributed by atoms with van der Waals surface area (Å²) in [4.78, 5) is 2.48. The normalized spacial score (nSPS) is 15.5. The first-order valence-corrected chi connectivity index (χ1v) is 7.14. The summed E-state index contributed by atoms with van der Waals surface area (Å²) >= 11 is 3.44. The van der Waals surface area contributed by atoms with E-state index in [1.165, 1.54) is 31.4 Å². The fourth-order valence-corrected chi connectivity index (χ4v) is 2.58. The molecule has 0 bridgehead atoms. The zero-order valence-corrected chi connectivity index (χ0v) is 11.8. The second-order valence-corrected chi connectivity index (χ2v) is 5.77. The molecule has 1 nitrogen and oxygen atoms in total. The molecule has 0 N–H and O–H groups in total. The maximum atomic E-state index is 13.0. The van der Waals surface area contributed by atoms with E-state index in [9.17, 15) is 4.39 Å². The van der Waals surface area contributed by atoms with Crippen molar-refractivity contribution < 1.29 is 4.39 Å². The van der Waals surface area contributed by atoms with E-state index in [0.29, 0.717) is 0 Å². The summed E-state index contributed by atoms with van der Waals surface area (Å²) in [6.45, 7) is 5.45. The van der Waals surface area contributed by atoms with E-state index in [1.807, 2.05) is 6.07 Å². The number of halogens is 2. The van der Waals surface area contributed by atoms with Crippen LogP contribution in [0.15, 0.2) is 22.7 Å². The molecule has 1 aliphatic rings. The fourth-order valence-electron chi connectivity index (χ4n) is 2.11. The molecule has 1 aliphatic carbocycles. The largest absolute Gasteiger partial charge is 0.299 e.